The molecular formula is C21H39FeNO5. The van der Waals surface area contributed by atoms with E-state index < -0.39 is 18.0 Å². The summed E-state index contributed by atoms with van der Waals surface area (Å²) in [5, 5.41) is 20.0. The van der Waals surface area contributed by atoms with Crippen molar-refractivity contribution in [3.05, 3.63) is 0 Å². The molecule has 0 rings (SSSR count). The van der Waals surface area contributed by atoms with Gasteiger partial charge in [-0.1, -0.05) is 84.0 Å². The molecule has 0 saturated heterocycles. The van der Waals surface area contributed by atoms with Crippen LogP contribution in [0.15, 0.2) is 0 Å². The Morgan fingerprint density at radius 2 is 1.14 bits per heavy atom. The Hall–Kier alpha value is -1.07. The standard InChI is InChI=1S/C21H39NO5.Fe/c1-2-3-4-5-6-7-8-9-10-11-12-13-14-15-19(23)22-18(21(26)27)16-17-20(24)25;/h18H,2-17H2,1H3,(H,22,23)(H,24,25)(H,26,27);/t18-;/m0./s1. The molecule has 0 aromatic heterocycles. The van der Waals surface area contributed by atoms with E-state index in [0.29, 0.717) is 6.42 Å². The summed E-state index contributed by atoms with van der Waals surface area (Å²) in [6.07, 6.45) is 15.9. The van der Waals surface area contributed by atoms with Crippen LogP contribution >= 0.6 is 0 Å². The average Bonchev–Trinajstić information content (AvgIpc) is 2.62. The Balaban J connectivity index is 0. The van der Waals surface area contributed by atoms with Crippen molar-refractivity contribution in [1.29, 1.82) is 0 Å². The summed E-state index contributed by atoms with van der Waals surface area (Å²) in [4.78, 5) is 33.3. The fourth-order valence-electron chi connectivity index (χ4n) is 3.10. The maximum Gasteiger partial charge on any atom is 0.326 e. The quantitative estimate of drug-likeness (QED) is 0.195. The van der Waals surface area contributed by atoms with Crippen LogP contribution < -0.4 is 5.32 Å². The number of hydrogen-bond donors (Lipinski definition) is 3. The molecular weight excluding hydrogens is 402 g/mol. The second-order valence-corrected chi connectivity index (χ2v) is 7.38. The van der Waals surface area contributed by atoms with Gasteiger partial charge in [0, 0.05) is 29.9 Å². The van der Waals surface area contributed by atoms with Gasteiger partial charge in [0.05, 0.1) is 0 Å². The van der Waals surface area contributed by atoms with Gasteiger partial charge in [0.15, 0.2) is 0 Å². The minimum atomic E-state index is -1.19. The molecule has 7 heteroatoms. The maximum atomic E-state index is 11.8. The van der Waals surface area contributed by atoms with E-state index in [4.69, 9.17) is 10.2 Å². The molecule has 0 fully saturated rings. The summed E-state index contributed by atoms with van der Waals surface area (Å²) < 4.78 is 0. The summed E-state index contributed by atoms with van der Waals surface area (Å²) in [6.45, 7) is 2.24. The number of carbonyl (C=O) groups is 3. The molecule has 0 radical (unpaired) electrons. The molecule has 0 aliphatic heterocycles. The molecule has 0 spiro atoms. The minimum absolute atomic E-state index is 0. The van der Waals surface area contributed by atoms with Gasteiger partial charge < -0.3 is 15.5 Å². The molecule has 0 saturated carbocycles. The molecule has 0 aliphatic carbocycles. The molecule has 1 atom stereocenters. The zero-order valence-corrected chi connectivity index (χ0v) is 18.5. The van der Waals surface area contributed by atoms with Crippen LogP contribution in [-0.4, -0.2) is 34.1 Å². The number of amides is 1. The Labute approximate surface area is 180 Å². The Morgan fingerprint density at radius 1 is 0.714 bits per heavy atom. The van der Waals surface area contributed by atoms with Crippen molar-refractivity contribution in [2.24, 2.45) is 0 Å². The predicted octanol–water partition coefficient (Wildman–Crippen LogP) is 4.90. The number of rotatable bonds is 19. The molecule has 28 heavy (non-hydrogen) atoms. The van der Waals surface area contributed by atoms with Gasteiger partial charge in [-0.05, 0) is 12.8 Å². The summed E-state index contributed by atoms with van der Waals surface area (Å²) in [7, 11) is 0. The van der Waals surface area contributed by atoms with Gasteiger partial charge in [-0.2, -0.15) is 0 Å². The van der Waals surface area contributed by atoms with E-state index in [1.165, 1.54) is 64.2 Å². The number of nitrogens with one attached hydrogen (secondary N) is 1. The second kappa shape index (κ2) is 20.7. The topological polar surface area (TPSA) is 104 Å². The number of carboxylic acid groups (broad SMARTS) is 2. The van der Waals surface area contributed by atoms with E-state index in [2.05, 4.69) is 12.2 Å². The summed E-state index contributed by atoms with van der Waals surface area (Å²) in [5.41, 5.74) is 0. The van der Waals surface area contributed by atoms with Crippen molar-refractivity contribution < 1.29 is 41.7 Å². The zero-order valence-electron chi connectivity index (χ0n) is 17.4. The van der Waals surface area contributed by atoms with Crippen LogP contribution in [0.1, 0.15) is 110 Å². The van der Waals surface area contributed by atoms with E-state index in [9.17, 15) is 14.4 Å². The number of carbonyl (C=O) groups excluding carboxylic acids is 1. The SMILES string of the molecule is CCCCCCCCCCCCCCCC(=O)N[C@@H](CCC(=O)O)C(=O)O.[Fe]. The van der Waals surface area contributed by atoms with Crippen LogP contribution in [0.2, 0.25) is 0 Å². The minimum Gasteiger partial charge on any atom is -0.481 e. The van der Waals surface area contributed by atoms with E-state index in [1.54, 1.807) is 0 Å². The van der Waals surface area contributed by atoms with E-state index in [1.807, 2.05) is 0 Å². The van der Waals surface area contributed by atoms with Gasteiger partial charge in [0.1, 0.15) is 6.04 Å². The van der Waals surface area contributed by atoms with Crippen molar-refractivity contribution in [2.45, 2.75) is 116 Å². The number of aliphatic carboxylic acids is 2. The van der Waals surface area contributed by atoms with Gasteiger partial charge >= 0.3 is 11.9 Å². The van der Waals surface area contributed by atoms with E-state index in [-0.39, 0.29) is 35.8 Å². The van der Waals surface area contributed by atoms with Gasteiger partial charge in [-0.15, -0.1) is 0 Å². The average molecular weight is 441 g/mol. The zero-order chi connectivity index (χ0) is 20.3. The largest absolute Gasteiger partial charge is 0.481 e. The van der Waals surface area contributed by atoms with Crippen LogP contribution in [0, 0.1) is 0 Å². The second-order valence-electron chi connectivity index (χ2n) is 7.38. The number of unbranched alkanes of at least 4 members (excludes halogenated alkanes) is 12. The van der Waals surface area contributed by atoms with Crippen LogP contribution in [0.5, 0.6) is 0 Å². The molecule has 0 aliphatic rings. The first kappa shape index (κ1) is 29.1. The van der Waals surface area contributed by atoms with Gasteiger partial charge in [0.25, 0.3) is 0 Å². The normalized spacial score (nSPS) is 11.5. The molecule has 0 heterocycles. The molecule has 3 N–H and O–H groups in total. The summed E-state index contributed by atoms with van der Waals surface area (Å²) in [6, 6.07) is -1.12. The molecule has 6 nitrogen and oxygen atoms in total. The fraction of sp³-hybridized carbons (Fsp3) is 0.857. The van der Waals surface area contributed by atoms with E-state index in [0.717, 1.165) is 19.3 Å². The van der Waals surface area contributed by atoms with Gasteiger partial charge in [-0.3, -0.25) is 9.59 Å². The third-order valence-electron chi connectivity index (χ3n) is 4.79. The summed E-state index contributed by atoms with van der Waals surface area (Å²) >= 11 is 0. The molecule has 0 aromatic rings. The smallest absolute Gasteiger partial charge is 0.326 e. The summed E-state index contributed by atoms with van der Waals surface area (Å²) in [5.74, 6) is -2.56. The molecule has 0 aromatic carbocycles. The van der Waals surface area contributed by atoms with Crippen LogP contribution in [0.4, 0.5) is 0 Å². The first-order valence-electron chi connectivity index (χ1n) is 10.7. The number of carboxylic acids is 2. The van der Waals surface area contributed by atoms with Crippen molar-refractivity contribution in [3.63, 3.8) is 0 Å². The third kappa shape index (κ3) is 19.7. The molecule has 0 bridgehead atoms. The molecule has 166 valence electrons. The first-order valence-corrected chi connectivity index (χ1v) is 10.7. The third-order valence-corrected chi connectivity index (χ3v) is 4.79. The monoisotopic (exact) mass is 441 g/mol. The first-order chi connectivity index (χ1) is 13.0. The molecule has 0 unspecified atom stereocenters. The van der Waals surface area contributed by atoms with Gasteiger partial charge in [-0.25, -0.2) is 4.79 Å². The Kier molecular flexibility index (Phi) is 21.5. The van der Waals surface area contributed by atoms with Crippen molar-refractivity contribution in [3.8, 4) is 0 Å². The van der Waals surface area contributed by atoms with Crippen LogP contribution in [-0.2, 0) is 31.5 Å². The van der Waals surface area contributed by atoms with Gasteiger partial charge in [0.2, 0.25) is 5.91 Å². The van der Waals surface area contributed by atoms with Crippen molar-refractivity contribution in [2.75, 3.05) is 0 Å². The maximum absolute atomic E-state index is 11.8. The number of hydrogen-bond acceptors (Lipinski definition) is 3. The fourth-order valence-corrected chi connectivity index (χ4v) is 3.10. The van der Waals surface area contributed by atoms with Crippen molar-refractivity contribution in [1.82, 2.24) is 5.32 Å². The van der Waals surface area contributed by atoms with Crippen LogP contribution in [0.3, 0.4) is 0 Å². The predicted molar refractivity (Wildman–Crippen MR) is 107 cm³/mol. The Bertz CT molecular complexity index is 418. The van der Waals surface area contributed by atoms with Crippen molar-refractivity contribution >= 4 is 17.8 Å². The van der Waals surface area contributed by atoms with Crippen LogP contribution in [0.25, 0.3) is 0 Å². The van der Waals surface area contributed by atoms with E-state index >= 15 is 0 Å². The Morgan fingerprint density at radius 3 is 1.54 bits per heavy atom. The molecule has 1 amide bonds.